The van der Waals surface area contributed by atoms with Gasteiger partial charge in [-0.3, -0.25) is 9.59 Å². The number of hydrogen-bond donors (Lipinski definition) is 2. The Bertz CT molecular complexity index is 959. The molecule has 0 radical (unpaired) electrons. The number of nitrogens with one attached hydrogen (secondary N) is 2. The van der Waals surface area contributed by atoms with Crippen LogP contribution in [0, 0.1) is 18.7 Å². The zero-order chi connectivity index (χ0) is 23.3. The van der Waals surface area contributed by atoms with E-state index < -0.39 is 42.2 Å². The first-order valence-corrected chi connectivity index (χ1v) is 9.18. The number of rotatable bonds is 6. The average Bonchev–Trinajstić information content (AvgIpc) is 2.72. The number of hydrogen-bond acceptors (Lipinski definition) is 8. The van der Waals surface area contributed by atoms with Crippen LogP contribution in [0.15, 0.2) is 40.7 Å². The third-order valence-electron chi connectivity index (χ3n) is 4.55. The van der Waals surface area contributed by atoms with E-state index in [1.165, 1.54) is 26.0 Å². The average molecular weight is 434 g/mol. The zero-order valence-electron chi connectivity index (χ0n) is 17.8. The lowest BCUT2D eigenvalue weighted by Crippen LogP contribution is -2.38. The molecule has 0 fully saturated rings. The maximum atomic E-state index is 13.9. The molecule has 166 valence electrons. The summed E-state index contributed by atoms with van der Waals surface area (Å²) in [6.45, 7) is 3.98. The molecule has 1 aromatic rings. The van der Waals surface area contributed by atoms with Gasteiger partial charge >= 0.3 is 17.9 Å². The minimum Gasteiger partial charge on any atom is -0.466 e. The largest absolute Gasteiger partial charge is 0.466 e. The summed E-state index contributed by atoms with van der Waals surface area (Å²) in [5.41, 5.74) is 0.857. The van der Waals surface area contributed by atoms with Gasteiger partial charge < -0.3 is 24.8 Å². The molecule has 2 N–H and O–H groups in total. The quantitative estimate of drug-likeness (QED) is 0.513. The molecule has 1 aliphatic heterocycles. The number of benzene rings is 1. The van der Waals surface area contributed by atoms with E-state index in [9.17, 15) is 23.6 Å². The highest BCUT2D eigenvalue weighted by Crippen LogP contribution is 2.32. The maximum Gasteiger partial charge on any atom is 0.336 e. The number of methoxy groups -OCH3 is 2. The van der Waals surface area contributed by atoms with Crippen molar-refractivity contribution >= 4 is 29.5 Å². The summed E-state index contributed by atoms with van der Waals surface area (Å²) in [5, 5.41) is 5.12. The van der Waals surface area contributed by atoms with Crippen molar-refractivity contribution in [3.05, 3.63) is 52.1 Å². The molecule has 1 aromatic carbocycles. The van der Waals surface area contributed by atoms with Crippen LogP contribution in [0.25, 0.3) is 0 Å². The Balaban J connectivity index is 2.23. The smallest absolute Gasteiger partial charge is 0.336 e. The van der Waals surface area contributed by atoms with Crippen LogP contribution in [0.1, 0.15) is 19.4 Å². The molecule has 31 heavy (non-hydrogen) atoms. The number of ether oxygens (including phenoxy) is 3. The molecule has 0 aromatic heterocycles. The lowest BCUT2D eigenvalue weighted by atomic mass is 9.85. The molecule has 10 heteroatoms. The molecule has 2 rings (SSSR count). The monoisotopic (exact) mass is 434 g/mol. The number of esters is 3. The van der Waals surface area contributed by atoms with Gasteiger partial charge in [-0.2, -0.15) is 0 Å². The second kappa shape index (κ2) is 9.88. The van der Waals surface area contributed by atoms with Gasteiger partial charge in [0.1, 0.15) is 11.7 Å². The number of carbonyl (C=O) groups is 4. The van der Waals surface area contributed by atoms with Gasteiger partial charge in [0, 0.05) is 11.4 Å². The summed E-state index contributed by atoms with van der Waals surface area (Å²) in [4.78, 5) is 49.5. The number of amides is 1. The van der Waals surface area contributed by atoms with Crippen molar-refractivity contribution < 1.29 is 37.8 Å². The van der Waals surface area contributed by atoms with E-state index in [0.717, 1.165) is 14.2 Å². The Hall–Kier alpha value is -3.69. The van der Waals surface area contributed by atoms with Crippen LogP contribution in [0.5, 0.6) is 0 Å². The minimum absolute atomic E-state index is 0.0782. The molecule has 0 saturated carbocycles. The number of carbonyl (C=O) groups excluding carboxylic acids is 4. The number of aryl methyl sites for hydroxylation is 1. The van der Waals surface area contributed by atoms with Gasteiger partial charge in [0.05, 0.1) is 31.1 Å². The molecule has 1 amide bonds. The van der Waals surface area contributed by atoms with E-state index in [2.05, 4.69) is 10.6 Å². The van der Waals surface area contributed by atoms with Crippen molar-refractivity contribution in [2.45, 2.75) is 20.8 Å². The van der Waals surface area contributed by atoms with Crippen LogP contribution >= 0.6 is 0 Å². The van der Waals surface area contributed by atoms with Crippen LogP contribution in [-0.4, -0.2) is 44.6 Å². The molecular formula is C21H23FN2O7. The van der Waals surface area contributed by atoms with Crippen molar-refractivity contribution in [3.63, 3.8) is 0 Å². The Kier molecular flexibility index (Phi) is 7.51. The first-order valence-electron chi connectivity index (χ1n) is 9.18. The lowest BCUT2D eigenvalue weighted by molar-refractivity contribution is -0.152. The van der Waals surface area contributed by atoms with E-state index in [-0.39, 0.29) is 28.2 Å². The van der Waals surface area contributed by atoms with Crippen LogP contribution in [0.3, 0.4) is 0 Å². The Morgan fingerprint density at radius 1 is 1.00 bits per heavy atom. The summed E-state index contributed by atoms with van der Waals surface area (Å²) in [5.74, 6) is -5.66. The zero-order valence-corrected chi connectivity index (χ0v) is 17.8. The summed E-state index contributed by atoms with van der Waals surface area (Å²) in [7, 11) is 2.25. The van der Waals surface area contributed by atoms with Crippen LogP contribution < -0.4 is 10.6 Å². The van der Waals surface area contributed by atoms with E-state index in [0.29, 0.717) is 5.56 Å². The normalized spacial score (nSPS) is 14.0. The van der Waals surface area contributed by atoms with Gasteiger partial charge in [-0.1, -0.05) is 6.07 Å². The topological polar surface area (TPSA) is 120 Å². The first-order chi connectivity index (χ1) is 14.6. The highest BCUT2D eigenvalue weighted by Gasteiger charge is 2.42. The van der Waals surface area contributed by atoms with Crippen LogP contribution in [-0.2, 0) is 33.4 Å². The van der Waals surface area contributed by atoms with Crippen molar-refractivity contribution in [2.24, 2.45) is 5.92 Å². The van der Waals surface area contributed by atoms with Crippen LogP contribution in [0.2, 0.25) is 0 Å². The van der Waals surface area contributed by atoms with Crippen molar-refractivity contribution in [1.82, 2.24) is 5.32 Å². The molecule has 0 bridgehead atoms. The Labute approximate surface area is 178 Å². The fraction of sp³-hybridized carbons (Fsp3) is 0.333. The molecule has 0 saturated heterocycles. The lowest BCUT2D eigenvalue weighted by Gasteiger charge is -2.28. The van der Waals surface area contributed by atoms with Gasteiger partial charge in [0.2, 0.25) is 0 Å². The number of anilines is 1. The number of dihydropyridines is 1. The van der Waals surface area contributed by atoms with Crippen LogP contribution in [0.4, 0.5) is 10.1 Å². The second-order valence-electron chi connectivity index (χ2n) is 6.76. The van der Waals surface area contributed by atoms with Gasteiger partial charge in [-0.25, -0.2) is 14.0 Å². The molecule has 1 aliphatic rings. The summed E-state index contributed by atoms with van der Waals surface area (Å²) < 4.78 is 28.4. The Morgan fingerprint density at radius 2 is 1.55 bits per heavy atom. The summed E-state index contributed by atoms with van der Waals surface area (Å²) in [6, 6.07) is 4.22. The van der Waals surface area contributed by atoms with E-state index >= 15 is 0 Å². The second-order valence-corrected chi connectivity index (χ2v) is 6.76. The fourth-order valence-electron chi connectivity index (χ4n) is 3.12. The number of halogens is 1. The first kappa shape index (κ1) is 23.6. The number of allylic oxidation sites excluding steroid dienone is 2. The SMILES string of the molecule is COC(=O)C1=C(C)NC(C)=C(C(=O)OC)C1C(=O)OCC(=O)Nc1ccc(C)cc1F. The predicted octanol–water partition coefficient (Wildman–Crippen LogP) is 1.73. The molecule has 1 heterocycles. The van der Waals surface area contributed by atoms with E-state index in [4.69, 9.17) is 14.2 Å². The third-order valence-corrected chi connectivity index (χ3v) is 4.55. The fourth-order valence-corrected chi connectivity index (χ4v) is 3.12. The molecule has 9 nitrogen and oxygen atoms in total. The minimum atomic E-state index is -1.47. The molecule has 0 unspecified atom stereocenters. The van der Waals surface area contributed by atoms with Crippen molar-refractivity contribution in [3.8, 4) is 0 Å². The Morgan fingerprint density at radius 3 is 2.03 bits per heavy atom. The van der Waals surface area contributed by atoms with Gasteiger partial charge in [-0.15, -0.1) is 0 Å². The standard InChI is InChI=1S/C21H23FN2O7/c1-10-6-7-14(13(22)8-10)24-15(25)9-31-21(28)18-16(19(26)29-4)11(2)23-12(3)17(18)20(27)30-5/h6-8,18,23H,9H2,1-5H3,(H,24,25). The summed E-state index contributed by atoms with van der Waals surface area (Å²) in [6.07, 6.45) is 0. The van der Waals surface area contributed by atoms with Gasteiger partial charge in [0.15, 0.2) is 6.61 Å². The maximum absolute atomic E-state index is 13.9. The highest BCUT2D eigenvalue weighted by molar-refractivity contribution is 6.06. The molecule has 0 atom stereocenters. The molecule has 0 spiro atoms. The predicted molar refractivity (Wildman–Crippen MR) is 107 cm³/mol. The third kappa shape index (κ3) is 5.27. The van der Waals surface area contributed by atoms with E-state index in [1.54, 1.807) is 13.0 Å². The van der Waals surface area contributed by atoms with Crippen molar-refractivity contribution in [1.29, 1.82) is 0 Å². The molecule has 0 aliphatic carbocycles. The highest BCUT2D eigenvalue weighted by atomic mass is 19.1. The van der Waals surface area contributed by atoms with Gasteiger partial charge in [-0.05, 0) is 38.5 Å². The van der Waals surface area contributed by atoms with E-state index in [1.807, 2.05) is 0 Å². The van der Waals surface area contributed by atoms with Gasteiger partial charge in [0.25, 0.3) is 5.91 Å². The molecular weight excluding hydrogens is 411 g/mol. The summed E-state index contributed by atoms with van der Waals surface area (Å²) >= 11 is 0. The van der Waals surface area contributed by atoms with Crippen molar-refractivity contribution in [2.75, 3.05) is 26.1 Å².